The van der Waals surface area contributed by atoms with Crippen LogP contribution in [0, 0.1) is 5.82 Å². The van der Waals surface area contributed by atoms with Crippen molar-refractivity contribution in [2.45, 2.75) is 13.8 Å². The van der Waals surface area contributed by atoms with E-state index in [2.05, 4.69) is 18.7 Å². The molecule has 0 atom stereocenters. The number of likely N-dealkylation sites (N-methyl/N-ethyl adjacent to an activating group) is 1. The second-order valence-corrected chi connectivity index (χ2v) is 7.64. The number of hydrogen-bond donors (Lipinski definition) is 0. The molecular formula is C27H31FN2O3. The van der Waals surface area contributed by atoms with Gasteiger partial charge < -0.3 is 19.3 Å². The monoisotopic (exact) mass is 450 g/mol. The number of methoxy groups -OCH3 is 1. The Hall–Kier alpha value is -3.38. The number of amides is 1. The van der Waals surface area contributed by atoms with E-state index < -0.39 is 5.82 Å². The molecule has 33 heavy (non-hydrogen) atoms. The largest absolute Gasteiger partial charge is 0.493 e. The first kappa shape index (κ1) is 24.3. The smallest absolute Gasteiger partial charge is 0.258 e. The second kappa shape index (κ2) is 11.5. The summed E-state index contributed by atoms with van der Waals surface area (Å²) in [5, 5.41) is 0. The van der Waals surface area contributed by atoms with Crippen LogP contribution >= 0.6 is 0 Å². The molecule has 0 aliphatic carbocycles. The van der Waals surface area contributed by atoms with Crippen molar-refractivity contribution in [1.29, 1.82) is 0 Å². The normalized spacial score (nSPS) is 10.8. The highest BCUT2D eigenvalue weighted by Crippen LogP contribution is 2.34. The Morgan fingerprint density at radius 3 is 2.15 bits per heavy atom. The van der Waals surface area contributed by atoms with E-state index in [-0.39, 0.29) is 11.6 Å². The maximum atomic E-state index is 15.0. The van der Waals surface area contributed by atoms with Gasteiger partial charge in [-0.15, -0.1) is 0 Å². The molecule has 0 N–H and O–H groups in total. The number of halogens is 1. The van der Waals surface area contributed by atoms with Crippen LogP contribution in [-0.4, -0.2) is 51.2 Å². The summed E-state index contributed by atoms with van der Waals surface area (Å²) >= 11 is 0. The van der Waals surface area contributed by atoms with E-state index in [1.807, 2.05) is 42.5 Å². The summed E-state index contributed by atoms with van der Waals surface area (Å²) in [6.45, 7) is 7.16. The number of carbonyl (C=O) groups is 1. The van der Waals surface area contributed by atoms with Gasteiger partial charge in [0.25, 0.3) is 5.91 Å². The van der Waals surface area contributed by atoms with Crippen molar-refractivity contribution in [1.82, 2.24) is 4.90 Å². The maximum Gasteiger partial charge on any atom is 0.258 e. The molecular weight excluding hydrogens is 419 g/mol. The Kier molecular flexibility index (Phi) is 8.44. The molecule has 6 heteroatoms. The zero-order valence-corrected chi connectivity index (χ0v) is 19.7. The highest BCUT2D eigenvalue weighted by Gasteiger charge is 2.20. The number of nitrogens with zero attached hydrogens (tertiary/aromatic N) is 2. The summed E-state index contributed by atoms with van der Waals surface area (Å²) in [6, 6.07) is 20.0. The van der Waals surface area contributed by atoms with E-state index in [4.69, 9.17) is 9.47 Å². The van der Waals surface area contributed by atoms with Gasteiger partial charge >= 0.3 is 0 Å². The maximum absolute atomic E-state index is 15.0. The van der Waals surface area contributed by atoms with E-state index in [1.165, 1.54) is 24.1 Å². The quantitative estimate of drug-likeness (QED) is 0.409. The number of hydrogen-bond acceptors (Lipinski definition) is 4. The van der Waals surface area contributed by atoms with Crippen molar-refractivity contribution in [3.05, 3.63) is 78.1 Å². The summed E-state index contributed by atoms with van der Waals surface area (Å²) in [7, 11) is 3.05. The van der Waals surface area contributed by atoms with Gasteiger partial charge in [0, 0.05) is 31.3 Å². The summed E-state index contributed by atoms with van der Waals surface area (Å²) in [5.74, 6) is -0.167. The topological polar surface area (TPSA) is 42.0 Å². The van der Waals surface area contributed by atoms with Gasteiger partial charge in [-0.1, -0.05) is 56.3 Å². The SMILES string of the molecule is CCN(CC)CCOc1cc(F)c(N(C)C(=O)c2ccc(-c3ccccc3)cc2)cc1OC. The van der Waals surface area contributed by atoms with Crippen LogP contribution in [0.4, 0.5) is 10.1 Å². The third-order valence-electron chi connectivity index (χ3n) is 5.70. The molecule has 0 unspecified atom stereocenters. The fraction of sp³-hybridized carbons (Fsp3) is 0.296. The van der Waals surface area contributed by atoms with E-state index in [0.29, 0.717) is 23.7 Å². The van der Waals surface area contributed by atoms with E-state index >= 15 is 0 Å². The Bertz CT molecular complexity index is 1050. The number of benzene rings is 3. The summed E-state index contributed by atoms with van der Waals surface area (Å²) in [6.07, 6.45) is 0. The lowest BCUT2D eigenvalue weighted by molar-refractivity contribution is 0.0992. The van der Waals surface area contributed by atoms with Gasteiger partial charge in [0.2, 0.25) is 0 Å². The van der Waals surface area contributed by atoms with Gasteiger partial charge in [-0.3, -0.25) is 4.79 Å². The molecule has 5 nitrogen and oxygen atoms in total. The lowest BCUT2D eigenvalue weighted by atomic mass is 10.0. The standard InChI is InChI=1S/C27H31FN2O3/c1-5-30(6-2)16-17-33-26-18-23(28)24(19-25(26)32-4)29(3)27(31)22-14-12-21(13-15-22)20-10-8-7-9-11-20/h7-15,18-19H,5-6,16-17H2,1-4H3. The molecule has 0 saturated carbocycles. The van der Waals surface area contributed by atoms with Gasteiger partial charge in [0.1, 0.15) is 6.61 Å². The van der Waals surface area contributed by atoms with Crippen LogP contribution in [0.25, 0.3) is 11.1 Å². The van der Waals surface area contributed by atoms with Crippen LogP contribution in [0.3, 0.4) is 0 Å². The number of rotatable bonds is 10. The number of carbonyl (C=O) groups excluding carboxylic acids is 1. The van der Waals surface area contributed by atoms with Crippen molar-refractivity contribution in [2.24, 2.45) is 0 Å². The van der Waals surface area contributed by atoms with Crippen LogP contribution in [0.1, 0.15) is 24.2 Å². The minimum Gasteiger partial charge on any atom is -0.493 e. The van der Waals surface area contributed by atoms with E-state index in [1.54, 1.807) is 19.2 Å². The van der Waals surface area contributed by atoms with Crippen LogP contribution in [0.5, 0.6) is 11.5 Å². The van der Waals surface area contributed by atoms with E-state index in [0.717, 1.165) is 30.8 Å². The zero-order chi connectivity index (χ0) is 23.8. The van der Waals surface area contributed by atoms with Crippen molar-refractivity contribution in [2.75, 3.05) is 45.3 Å². The third kappa shape index (κ3) is 5.90. The van der Waals surface area contributed by atoms with Gasteiger partial charge in [-0.05, 0) is 36.3 Å². The molecule has 0 bridgehead atoms. The molecule has 0 saturated heterocycles. The first-order valence-corrected chi connectivity index (χ1v) is 11.1. The highest BCUT2D eigenvalue weighted by atomic mass is 19.1. The number of ether oxygens (including phenoxy) is 2. The van der Waals surface area contributed by atoms with Crippen molar-refractivity contribution < 1.29 is 18.7 Å². The molecule has 174 valence electrons. The molecule has 3 aromatic rings. The molecule has 3 rings (SSSR count). The lowest BCUT2D eigenvalue weighted by Crippen LogP contribution is -2.28. The predicted molar refractivity (Wildman–Crippen MR) is 131 cm³/mol. The van der Waals surface area contributed by atoms with Crippen LogP contribution in [-0.2, 0) is 0 Å². The second-order valence-electron chi connectivity index (χ2n) is 7.64. The predicted octanol–water partition coefficient (Wildman–Crippen LogP) is 5.50. The molecule has 1 amide bonds. The Morgan fingerprint density at radius 1 is 0.909 bits per heavy atom. The summed E-state index contributed by atoms with van der Waals surface area (Å²) in [4.78, 5) is 16.5. The Morgan fingerprint density at radius 2 is 1.55 bits per heavy atom. The first-order valence-electron chi connectivity index (χ1n) is 11.1. The van der Waals surface area contributed by atoms with Crippen LogP contribution in [0.15, 0.2) is 66.7 Å². The fourth-order valence-electron chi connectivity index (χ4n) is 3.62. The highest BCUT2D eigenvalue weighted by molar-refractivity contribution is 6.06. The van der Waals surface area contributed by atoms with Crippen molar-refractivity contribution >= 4 is 11.6 Å². The Labute approximate surface area is 195 Å². The lowest BCUT2D eigenvalue weighted by Gasteiger charge is -2.21. The molecule has 0 radical (unpaired) electrons. The molecule has 0 fully saturated rings. The van der Waals surface area contributed by atoms with Gasteiger partial charge in [-0.2, -0.15) is 0 Å². The molecule has 3 aromatic carbocycles. The average molecular weight is 451 g/mol. The molecule has 0 heterocycles. The molecule has 0 aliphatic heterocycles. The van der Waals surface area contributed by atoms with Crippen molar-refractivity contribution in [3.63, 3.8) is 0 Å². The first-order chi connectivity index (χ1) is 16.0. The van der Waals surface area contributed by atoms with Crippen LogP contribution in [0.2, 0.25) is 0 Å². The van der Waals surface area contributed by atoms with Crippen molar-refractivity contribution in [3.8, 4) is 22.6 Å². The minimum atomic E-state index is -0.551. The van der Waals surface area contributed by atoms with Gasteiger partial charge in [0.15, 0.2) is 17.3 Å². The molecule has 0 aromatic heterocycles. The zero-order valence-electron chi connectivity index (χ0n) is 19.7. The average Bonchev–Trinajstić information content (AvgIpc) is 2.86. The van der Waals surface area contributed by atoms with E-state index in [9.17, 15) is 9.18 Å². The van der Waals surface area contributed by atoms with Crippen LogP contribution < -0.4 is 14.4 Å². The van der Waals surface area contributed by atoms with Gasteiger partial charge in [-0.25, -0.2) is 4.39 Å². The molecule has 0 aliphatic rings. The summed E-state index contributed by atoms with van der Waals surface area (Å²) in [5.41, 5.74) is 2.67. The minimum absolute atomic E-state index is 0.125. The Balaban J connectivity index is 1.75. The fourth-order valence-corrected chi connectivity index (χ4v) is 3.62. The third-order valence-corrected chi connectivity index (χ3v) is 5.70. The molecule has 0 spiro atoms. The number of anilines is 1. The summed E-state index contributed by atoms with van der Waals surface area (Å²) < 4.78 is 26.1. The van der Waals surface area contributed by atoms with Gasteiger partial charge in [0.05, 0.1) is 12.8 Å².